The number of carbonyl (C=O) groups excluding carboxylic acids is 1. The number of nitrogens with zero attached hydrogens (tertiary/aromatic N) is 2. The third-order valence-corrected chi connectivity index (χ3v) is 3.83. The van der Waals surface area contributed by atoms with Gasteiger partial charge in [0.2, 0.25) is 5.91 Å². The van der Waals surface area contributed by atoms with E-state index in [4.69, 9.17) is 0 Å². The molecule has 0 spiro atoms. The Morgan fingerprint density at radius 3 is 2.90 bits per heavy atom. The summed E-state index contributed by atoms with van der Waals surface area (Å²) in [4.78, 5) is 27.7. The Hall–Kier alpha value is -1.63. The topological polar surface area (TPSA) is 102 Å². The largest absolute Gasteiger partial charge is 0.392 e. The molecule has 2 rings (SSSR count). The zero-order valence-corrected chi connectivity index (χ0v) is 11.9. The average molecular weight is 282 g/mol. The monoisotopic (exact) mass is 282 g/mol. The standard InChI is InChI=1S/C13H22N4O3/c1-8(2)10(18)6-11(19)17-5-3-4-9(7-17)12-14-13(20)16-15-12/h8-10,18H,3-7H2,1-2H3,(H2,14,15,16,20). The molecule has 1 fully saturated rings. The molecule has 1 aliphatic heterocycles. The predicted molar refractivity (Wildman–Crippen MR) is 73.2 cm³/mol. The fraction of sp³-hybridized carbons (Fsp3) is 0.769. The molecule has 2 atom stereocenters. The van der Waals surface area contributed by atoms with Crippen LogP contribution < -0.4 is 5.69 Å². The first-order chi connectivity index (χ1) is 9.47. The van der Waals surface area contributed by atoms with E-state index >= 15 is 0 Å². The van der Waals surface area contributed by atoms with Gasteiger partial charge in [-0.2, -0.15) is 5.10 Å². The Kier molecular flexibility index (Phi) is 4.59. The number of H-pyrrole nitrogens is 2. The van der Waals surface area contributed by atoms with Gasteiger partial charge in [0.25, 0.3) is 0 Å². The number of aliphatic hydroxyl groups excluding tert-OH is 1. The van der Waals surface area contributed by atoms with E-state index in [0.717, 1.165) is 12.8 Å². The smallest absolute Gasteiger partial charge is 0.340 e. The Bertz CT molecular complexity index is 508. The predicted octanol–water partition coefficient (Wildman–Crippen LogP) is 0.211. The molecule has 0 aliphatic carbocycles. The van der Waals surface area contributed by atoms with E-state index in [1.54, 1.807) is 4.90 Å². The van der Waals surface area contributed by atoms with Crippen LogP contribution in [0.25, 0.3) is 0 Å². The number of hydrogen-bond donors (Lipinski definition) is 3. The highest BCUT2D eigenvalue weighted by Crippen LogP contribution is 2.24. The zero-order valence-electron chi connectivity index (χ0n) is 11.9. The quantitative estimate of drug-likeness (QED) is 0.734. The lowest BCUT2D eigenvalue weighted by Gasteiger charge is -2.32. The number of aliphatic hydroxyl groups is 1. The van der Waals surface area contributed by atoms with Gasteiger partial charge in [0.1, 0.15) is 5.82 Å². The molecule has 112 valence electrons. The molecule has 1 amide bonds. The third kappa shape index (κ3) is 3.47. The summed E-state index contributed by atoms with van der Waals surface area (Å²) in [5, 5.41) is 16.1. The first-order valence-corrected chi connectivity index (χ1v) is 7.07. The number of nitrogens with one attached hydrogen (secondary N) is 2. The molecule has 1 aromatic heterocycles. The average Bonchev–Trinajstić information content (AvgIpc) is 2.85. The highest BCUT2D eigenvalue weighted by atomic mass is 16.3. The third-order valence-electron chi connectivity index (χ3n) is 3.83. The second-order valence-corrected chi connectivity index (χ2v) is 5.76. The van der Waals surface area contributed by atoms with E-state index in [-0.39, 0.29) is 29.9 Å². The zero-order chi connectivity index (χ0) is 14.7. The molecule has 20 heavy (non-hydrogen) atoms. The molecule has 2 heterocycles. The summed E-state index contributed by atoms with van der Waals surface area (Å²) in [5.41, 5.74) is -0.321. The van der Waals surface area contributed by atoms with Crippen LogP contribution >= 0.6 is 0 Å². The van der Waals surface area contributed by atoms with Crippen LogP contribution in [-0.4, -0.2) is 50.3 Å². The van der Waals surface area contributed by atoms with Crippen molar-refractivity contribution in [1.82, 2.24) is 20.1 Å². The molecule has 0 radical (unpaired) electrons. The van der Waals surface area contributed by atoms with Crippen LogP contribution in [0.4, 0.5) is 0 Å². The van der Waals surface area contributed by atoms with E-state index in [9.17, 15) is 14.7 Å². The van der Waals surface area contributed by atoms with Gasteiger partial charge in [0.05, 0.1) is 12.5 Å². The molecule has 3 N–H and O–H groups in total. The molecule has 7 heteroatoms. The first-order valence-electron chi connectivity index (χ1n) is 7.07. The summed E-state index contributed by atoms with van der Waals surface area (Å²) in [6.07, 6.45) is 1.33. The van der Waals surface area contributed by atoms with Crippen molar-refractivity contribution in [1.29, 1.82) is 0 Å². The van der Waals surface area contributed by atoms with Crippen molar-refractivity contribution in [3.05, 3.63) is 16.3 Å². The Balaban J connectivity index is 1.96. The van der Waals surface area contributed by atoms with Gasteiger partial charge >= 0.3 is 5.69 Å². The van der Waals surface area contributed by atoms with Gasteiger partial charge in [0, 0.05) is 19.0 Å². The molecule has 0 saturated carbocycles. The van der Waals surface area contributed by atoms with Crippen molar-refractivity contribution in [2.45, 2.75) is 45.1 Å². The maximum atomic E-state index is 12.2. The number of rotatable bonds is 4. The molecule has 7 nitrogen and oxygen atoms in total. The molecule has 1 aromatic rings. The fourth-order valence-electron chi connectivity index (χ4n) is 2.45. The maximum absolute atomic E-state index is 12.2. The first kappa shape index (κ1) is 14.8. The minimum Gasteiger partial charge on any atom is -0.392 e. The van der Waals surface area contributed by atoms with Gasteiger partial charge < -0.3 is 10.0 Å². The van der Waals surface area contributed by atoms with Crippen LogP contribution in [0.2, 0.25) is 0 Å². The van der Waals surface area contributed by atoms with Crippen LogP contribution in [0.3, 0.4) is 0 Å². The SMILES string of the molecule is CC(C)C(O)CC(=O)N1CCCC(c2n[nH]c(=O)[nH]2)C1. The minimum absolute atomic E-state index is 0.0335. The number of amides is 1. The van der Waals surface area contributed by atoms with E-state index in [2.05, 4.69) is 15.2 Å². The second-order valence-electron chi connectivity index (χ2n) is 5.76. The van der Waals surface area contributed by atoms with Crippen LogP contribution in [0, 0.1) is 5.92 Å². The summed E-state index contributed by atoms with van der Waals surface area (Å²) in [7, 11) is 0. The van der Waals surface area contributed by atoms with Crippen LogP contribution in [0.5, 0.6) is 0 Å². The summed E-state index contributed by atoms with van der Waals surface area (Å²) >= 11 is 0. The number of likely N-dealkylation sites (tertiary alicyclic amines) is 1. The van der Waals surface area contributed by atoms with Crippen molar-refractivity contribution in [2.75, 3.05) is 13.1 Å². The lowest BCUT2D eigenvalue weighted by Crippen LogP contribution is -2.41. The van der Waals surface area contributed by atoms with E-state index < -0.39 is 6.10 Å². The van der Waals surface area contributed by atoms with Gasteiger partial charge in [-0.25, -0.2) is 9.89 Å². The van der Waals surface area contributed by atoms with Crippen molar-refractivity contribution in [3.63, 3.8) is 0 Å². The lowest BCUT2D eigenvalue weighted by molar-refractivity contribution is -0.135. The summed E-state index contributed by atoms with van der Waals surface area (Å²) < 4.78 is 0. The van der Waals surface area contributed by atoms with Crippen molar-refractivity contribution >= 4 is 5.91 Å². The molecule has 1 saturated heterocycles. The fourth-order valence-corrected chi connectivity index (χ4v) is 2.45. The normalized spacial score (nSPS) is 21.2. The van der Waals surface area contributed by atoms with Gasteiger partial charge in [-0.15, -0.1) is 0 Å². The number of aromatic amines is 2. The number of aromatic nitrogens is 3. The molecule has 0 aromatic carbocycles. The van der Waals surface area contributed by atoms with Crippen molar-refractivity contribution in [2.24, 2.45) is 5.92 Å². The van der Waals surface area contributed by atoms with E-state index in [1.807, 2.05) is 13.8 Å². The Morgan fingerprint density at radius 1 is 1.55 bits per heavy atom. The second kappa shape index (κ2) is 6.21. The number of hydrogen-bond acceptors (Lipinski definition) is 4. The van der Waals surface area contributed by atoms with Gasteiger partial charge in [0.15, 0.2) is 0 Å². The summed E-state index contributed by atoms with van der Waals surface area (Å²) in [6.45, 7) is 5.04. The highest BCUT2D eigenvalue weighted by molar-refractivity contribution is 5.76. The minimum atomic E-state index is -0.604. The molecule has 2 unspecified atom stereocenters. The van der Waals surface area contributed by atoms with Crippen molar-refractivity contribution in [3.8, 4) is 0 Å². The Morgan fingerprint density at radius 2 is 2.30 bits per heavy atom. The van der Waals surface area contributed by atoms with Crippen LogP contribution in [-0.2, 0) is 4.79 Å². The summed E-state index contributed by atoms with van der Waals surface area (Å²) in [5.74, 6) is 0.704. The van der Waals surface area contributed by atoms with Gasteiger partial charge in [-0.1, -0.05) is 13.8 Å². The number of carbonyl (C=O) groups is 1. The maximum Gasteiger partial charge on any atom is 0.340 e. The summed E-state index contributed by atoms with van der Waals surface area (Å²) in [6, 6.07) is 0. The molecule has 0 bridgehead atoms. The molecule has 1 aliphatic rings. The van der Waals surface area contributed by atoms with Crippen molar-refractivity contribution < 1.29 is 9.90 Å². The van der Waals surface area contributed by atoms with Crippen LogP contribution in [0.15, 0.2) is 4.79 Å². The molecular weight excluding hydrogens is 260 g/mol. The van der Waals surface area contributed by atoms with E-state index in [1.165, 1.54) is 0 Å². The number of piperidine rings is 1. The van der Waals surface area contributed by atoms with Gasteiger partial charge in [-0.05, 0) is 18.8 Å². The Labute approximate surface area is 117 Å². The van der Waals surface area contributed by atoms with Gasteiger partial charge in [-0.3, -0.25) is 9.78 Å². The van der Waals surface area contributed by atoms with Crippen LogP contribution in [0.1, 0.15) is 44.9 Å². The van der Waals surface area contributed by atoms with E-state index in [0.29, 0.717) is 18.9 Å². The highest BCUT2D eigenvalue weighted by Gasteiger charge is 2.28. The lowest BCUT2D eigenvalue weighted by atomic mass is 9.96. The molecular formula is C13H22N4O3.